The summed E-state index contributed by atoms with van der Waals surface area (Å²) >= 11 is 0. The van der Waals surface area contributed by atoms with E-state index >= 15 is 0 Å². The molecule has 3 N–H and O–H groups in total. The van der Waals surface area contributed by atoms with E-state index in [1.165, 1.54) is 33.3 Å². The lowest BCUT2D eigenvalue weighted by Gasteiger charge is -2.09. The van der Waals surface area contributed by atoms with Crippen LogP contribution >= 0.6 is 0 Å². The van der Waals surface area contributed by atoms with Crippen molar-refractivity contribution in [2.24, 2.45) is 0 Å². The standard InChI is InChI=1S/C31H28N2O2/c34-30(35)19-16-22-14-17-26(18-15-22)32-21-24-12-10-23(11-13-24)20-28-27-8-4-5-9-29(27)33-31(28)25-6-2-1-3-7-25/h1-15,17-18,32-33H,16,19-21H2,(H,34,35). The molecule has 4 nitrogen and oxygen atoms in total. The molecule has 0 atom stereocenters. The number of H-pyrrole nitrogens is 1. The van der Waals surface area contributed by atoms with Crippen LogP contribution in [-0.2, 0) is 24.2 Å². The van der Waals surface area contributed by atoms with Gasteiger partial charge >= 0.3 is 5.97 Å². The fourth-order valence-corrected chi connectivity index (χ4v) is 4.46. The normalized spacial score (nSPS) is 11.0. The molecule has 0 saturated heterocycles. The Labute approximate surface area is 205 Å². The van der Waals surface area contributed by atoms with Crippen molar-refractivity contribution in [3.8, 4) is 11.3 Å². The predicted octanol–water partition coefficient (Wildman–Crippen LogP) is 7.06. The molecule has 0 aliphatic rings. The monoisotopic (exact) mass is 460 g/mol. The first-order valence-electron chi connectivity index (χ1n) is 11.9. The number of aromatic amines is 1. The minimum Gasteiger partial charge on any atom is -0.481 e. The smallest absolute Gasteiger partial charge is 0.303 e. The molecule has 0 bridgehead atoms. The summed E-state index contributed by atoms with van der Waals surface area (Å²) in [5, 5.41) is 13.5. The van der Waals surface area contributed by atoms with E-state index in [0.29, 0.717) is 6.42 Å². The first-order valence-corrected chi connectivity index (χ1v) is 11.9. The molecule has 5 aromatic rings. The van der Waals surface area contributed by atoms with Gasteiger partial charge < -0.3 is 15.4 Å². The third-order valence-corrected chi connectivity index (χ3v) is 6.36. The summed E-state index contributed by atoms with van der Waals surface area (Å²) in [5.74, 6) is -0.767. The number of benzene rings is 4. The van der Waals surface area contributed by atoms with Gasteiger partial charge in [0.05, 0.1) is 5.69 Å². The van der Waals surface area contributed by atoms with Crippen LogP contribution in [0.2, 0.25) is 0 Å². The quantitative estimate of drug-likeness (QED) is 0.221. The molecule has 0 aliphatic carbocycles. The Morgan fingerprint density at radius 2 is 1.40 bits per heavy atom. The van der Waals surface area contributed by atoms with Crippen molar-refractivity contribution < 1.29 is 9.90 Å². The number of carboxylic acids is 1. The Morgan fingerprint density at radius 3 is 2.14 bits per heavy atom. The third kappa shape index (κ3) is 5.44. The van der Waals surface area contributed by atoms with E-state index in [1.807, 2.05) is 30.3 Å². The average Bonchev–Trinajstić information content (AvgIpc) is 3.26. The maximum atomic E-state index is 10.7. The number of rotatable bonds is 9. The lowest BCUT2D eigenvalue weighted by molar-refractivity contribution is -0.136. The van der Waals surface area contributed by atoms with Gasteiger partial charge in [-0.2, -0.15) is 0 Å². The minimum absolute atomic E-state index is 0.157. The molecule has 4 aromatic carbocycles. The van der Waals surface area contributed by atoms with Gasteiger partial charge in [0, 0.05) is 36.0 Å². The van der Waals surface area contributed by atoms with Gasteiger partial charge in [0.15, 0.2) is 0 Å². The number of para-hydroxylation sites is 1. The largest absolute Gasteiger partial charge is 0.481 e. The van der Waals surface area contributed by atoms with Crippen LogP contribution in [0.15, 0.2) is 103 Å². The molecule has 1 aromatic heterocycles. The number of aliphatic carboxylic acids is 1. The molecule has 0 saturated carbocycles. The average molecular weight is 461 g/mol. The summed E-state index contributed by atoms with van der Waals surface area (Å²) in [4.78, 5) is 14.4. The van der Waals surface area contributed by atoms with Crippen LogP contribution in [0, 0.1) is 0 Å². The third-order valence-electron chi connectivity index (χ3n) is 6.36. The zero-order valence-electron chi connectivity index (χ0n) is 19.5. The Morgan fingerprint density at radius 1 is 0.743 bits per heavy atom. The second-order valence-electron chi connectivity index (χ2n) is 8.83. The summed E-state index contributed by atoms with van der Waals surface area (Å²) in [6.07, 6.45) is 1.57. The number of carbonyl (C=O) groups is 1. The lowest BCUT2D eigenvalue weighted by Crippen LogP contribution is -2.01. The number of hydrogen-bond donors (Lipinski definition) is 3. The second-order valence-corrected chi connectivity index (χ2v) is 8.83. The summed E-state index contributed by atoms with van der Waals surface area (Å²) in [6.45, 7) is 0.733. The summed E-state index contributed by atoms with van der Waals surface area (Å²) in [5.41, 5.74) is 9.42. The van der Waals surface area contributed by atoms with Gasteiger partial charge in [-0.25, -0.2) is 0 Å². The summed E-state index contributed by atoms with van der Waals surface area (Å²) in [6, 6.07) is 35.8. The van der Waals surface area contributed by atoms with Crippen LogP contribution in [0.5, 0.6) is 0 Å². The zero-order chi connectivity index (χ0) is 24.0. The zero-order valence-corrected chi connectivity index (χ0v) is 19.5. The van der Waals surface area contributed by atoms with E-state index in [0.717, 1.165) is 29.7 Å². The molecule has 0 spiro atoms. The van der Waals surface area contributed by atoms with Crippen LogP contribution in [-0.4, -0.2) is 16.1 Å². The SMILES string of the molecule is O=C(O)CCc1ccc(NCc2ccc(Cc3c(-c4ccccc4)[nH]c4ccccc34)cc2)cc1. The van der Waals surface area contributed by atoms with E-state index in [-0.39, 0.29) is 6.42 Å². The second kappa shape index (κ2) is 10.3. The van der Waals surface area contributed by atoms with Gasteiger partial charge in [0.2, 0.25) is 0 Å². The van der Waals surface area contributed by atoms with E-state index in [1.54, 1.807) is 0 Å². The minimum atomic E-state index is -0.767. The number of aromatic nitrogens is 1. The molecule has 0 fully saturated rings. The van der Waals surface area contributed by atoms with Gasteiger partial charge in [-0.1, -0.05) is 84.9 Å². The molecule has 35 heavy (non-hydrogen) atoms. The van der Waals surface area contributed by atoms with Gasteiger partial charge in [-0.05, 0) is 52.4 Å². The molecule has 0 aliphatic heterocycles. The Balaban J connectivity index is 1.27. The molecule has 0 amide bonds. The maximum absolute atomic E-state index is 10.7. The first kappa shape index (κ1) is 22.5. The highest BCUT2D eigenvalue weighted by Gasteiger charge is 2.13. The van der Waals surface area contributed by atoms with E-state index in [9.17, 15) is 4.79 Å². The number of hydrogen-bond acceptors (Lipinski definition) is 2. The van der Waals surface area contributed by atoms with E-state index in [4.69, 9.17) is 5.11 Å². The van der Waals surface area contributed by atoms with Gasteiger partial charge in [-0.3, -0.25) is 4.79 Å². The van der Waals surface area contributed by atoms with Crippen LogP contribution < -0.4 is 5.32 Å². The number of anilines is 1. The highest BCUT2D eigenvalue weighted by molar-refractivity contribution is 5.91. The highest BCUT2D eigenvalue weighted by atomic mass is 16.4. The molecule has 0 unspecified atom stereocenters. The summed E-state index contributed by atoms with van der Waals surface area (Å²) < 4.78 is 0. The van der Waals surface area contributed by atoms with Gasteiger partial charge in [-0.15, -0.1) is 0 Å². The fourth-order valence-electron chi connectivity index (χ4n) is 4.46. The summed E-state index contributed by atoms with van der Waals surface area (Å²) in [7, 11) is 0. The van der Waals surface area contributed by atoms with Crippen molar-refractivity contribution in [1.29, 1.82) is 0 Å². The van der Waals surface area contributed by atoms with Crippen molar-refractivity contribution in [2.45, 2.75) is 25.8 Å². The van der Waals surface area contributed by atoms with E-state index in [2.05, 4.69) is 83.1 Å². The van der Waals surface area contributed by atoms with Crippen molar-refractivity contribution >= 4 is 22.6 Å². The Kier molecular flexibility index (Phi) is 6.62. The van der Waals surface area contributed by atoms with Crippen molar-refractivity contribution in [3.63, 3.8) is 0 Å². The molecule has 0 radical (unpaired) electrons. The number of carboxylic acid groups (broad SMARTS) is 1. The Hall–Kier alpha value is -4.31. The molecule has 5 rings (SSSR count). The molecule has 1 heterocycles. The number of aryl methyl sites for hydroxylation is 1. The lowest BCUT2D eigenvalue weighted by atomic mass is 9.98. The van der Waals surface area contributed by atoms with Crippen LogP contribution in [0.3, 0.4) is 0 Å². The van der Waals surface area contributed by atoms with Crippen molar-refractivity contribution in [2.75, 3.05) is 5.32 Å². The molecular weight excluding hydrogens is 432 g/mol. The van der Waals surface area contributed by atoms with Crippen LogP contribution in [0.25, 0.3) is 22.2 Å². The van der Waals surface area contributed by atoms with Crippen LogP contribution in [0.1, 0.15) is 28.7 Å². The van der Waals surface area contributed by atoms with Crippen LogP contribution in [0.4, 0.5) is 5.69 Å². The van der Waals surface area contributed by atoms with E-state index < -0.39 is 5.97 Å². The van der Waals surface area contributed by atoms with Gasteiger partial charge in [0.25, 0.3) is 0 Å². The number of nitrogens with one attached hydrogen (secondary N) is 2. The predicted molar refractivity (Wildman–Crippen MR) is 143 cm³/mol. The van der Waals surface area contributed by atoms with Gasteiger partial charge in [0.1, 0.15) is 0 Å². The highest BCUT2D eigenvalue weighted by Crippen LogP contribution is 2.32. The molecule has 4 heteroatoms. The molecule has 174 valence electrons. The fraction of sp³-hybridized carbons (Fsp3) is 0.129. The Bertz CT molecular complexity index is 1420. The van der Waals surface area contributed by atoms with Crippen molar-refractivity contribution in [1.82, 2.24) is 4.98 Å². The number of fused-ring (bicyclic) bond motifs is 1. The first-order chi connectivity index (χ1) is 17.2. The topological polar surface area (TPSA) is 65.1 Å². The van der Waals surface area contributed by atoms with Crippen molar-refractivity contribution in [3.05, 3.63) is 125 Å². The maximum Gasteiger partial charge on any atom is 0.303 e. The molecular formula is C31H28N2O2.